The third-order valence-corrected chi connectivity index (χ3v) is 7.17. The molecule has 1 amide bonds. The third-order valence-electron chi connectivity index (χ3n) is 5.35. The van der Waals surface area contributed by atoms with Crippen LogP contribution >= 0.6 is 0 Å². The largest absolute Gasteiger partial charge is 0.386 e. The summed E-state index contributed by atoms with van der Waals surface area (Å²) in [7, 11) is -3.75. The first kappa shape index (κ1) is 23.3. The highest BCUT2D eigenvalue weighted by atomic mass is 32.2. The zero-order valence-electron chi connectivity index (χ0n) is 17.4. The van der Waals surface area contributed by atoms with Gasteiger partial charge in [-0.05, 0) is 42.5 Å². The van der Waals surface area contributed by atoms with Crippen molar-refractivity contribution in [2.24, 2.45) is 11.8 Å². The number of aliphatic hydroxyl groups excluding tert-OH is 1. The van der Waals surface area contributed by atoms with Gasteiger partial charge < -0.3 is 10.4 Å². The smallest absolute Gasteiger partial charge is 0.251 e. The first-order valence-corrected chi connectivity index (χ1v) is 11.5. The molecule has 0 saturated carbocycles. The Morgan fingerprint density at radius 1 is 1.16 bits per heavy atom. The molecule has 0 aromatic heterocycles. The van der Waals surface area contributed by atoms with Crippen molar-refractivity contribution in [3.63, 3.8) is 0 Å². The van der Waals surface area contributed by atoms with E-state index in [0.717, 1.165) is 18.6 Å². The summed E-state index contributed by atoms with van der Waals surface area (Å²) < 4.78 is 54.3. The highest BCUT2D eigenvalue weighted by molar-refractivity contribution is 7.89. The molecule has 1 aliphatic rings. The van der Waals surface area contributed by atoms with E-state index in [9.17, 15) is 27.1 Å². The summed E-state index contributed by atoms with van der Waals surface area (Å²) in [5, 5.41) is 12.6. The number of piperidine rings is 1. The molecule has 2 aromatic carbocycles. The van der Waals surface area contributed by atoms with Crippen molar-refractivity contribution >= 4 is 15.9 Å². The first-order chi connectivity index (χ1) is 14.6. The number of aliphatic hydroxyl groups is 1. The Hall–Kier alpha value is -2.36. The van der Waals surface area contributed by atoms with Gasteiger partial charge in [-0.3, -0.25) is 4.79 Å². The highest BCUT2D eigenvalue weighted by Gasteiger charge is 2.32. The molecule has 1 heterocycles. The zero-order valence-corrected chi connectivity index (χ0v) is 18.2. The van der Waals surface area contributed by atoms with Crippen molar-refractivity contribution in [1.82, 2.24) is 9.62 Å². The van der Waals surface area contributed by atoms with Crippen LogP contribution in [0, 0.1) is 23.5 Å². The van der Waals surface area contributed by atoms with Gasteiger partial charge in [0, 0.05) is 36.8 Å². The molecule has 0 spiro atoms. The van der Waals surface area contributed by atoms with E-state index in [1.54, 1.807) is 0 Å². The average molecular weight is 453 g/mol. The quantitative estimate of drug-likeness (QED) is 0.705. The van der Waals surface area contributed by atoms with Crippen LogP contribution in [0.1, 0.15) is 42.3 Å². The summed E-state index contributed by atoms with van der Waals surface area (Å²) in [4.78, 5) is 12.5. The summed E-state index contributed by atoms with van der Waals surface area (Å²) in [6.45, 7) is 4.56. The number of hydrogen-bond acceptors (Lipinski definition) is 4. The van der Waals surface area contributed by atoms with Gasteiger partial charge in [0.1, 0.15) is 11.6 Å². The molecule has 6 nitrogen and oxygen atoms in total. The number of nitrogens with one attached hydrogen (secondary N) is 1. The molecule has 1 fully saturated rings. The minimum absolute atomic E-state index is 0.0200. The van der Waals surface area contributed by atoms with Crippen molar-refractivity contribution in [1.29, 1.82) is 0 Å². The van der Waals surface area contributed by atoms with Crippen molar-refractivity contribution in [3.05, 3.63) is 65.2 Å². The zero-order chi connectivity index (χ0) is 22.8. The number of carbonyl (C=O) groups is 1. The predicted octanol–water partition coefficient (Wildman–Crippen LogP) is 3.09. The number of sulfonamides is 1. The Morgan fingerprint density at radius 2 is 1.84 bits per heavy atom. The Bertz CT molecular complexity index is 1050. The predicted molar refractivity (Wildman–Crippen MR) is 112 cm³/mol. The van der Waals surface area contributed by atoms with Gasteiger partial charge in [-0.15, -0.1) is 0 Å². The molecular formula is C22H26F2N2O4S. The number of nitrogens with zero attached hydrogens (tertiary/aromatic N) is 1. The molecule has 3 unspecified atom stereocenters. The molecule has 1 saturated heterocycles. The molecule has 3 atom stereocenters. The van der Waals surface area contributed by atoms with Crippen molar-refractivity contribution in [2.75, 3.05) is 19.6 Å². The Balaban J connectivity index is 1.71. The molecule has 0 radical (unpaired) electrons. The van der Waals surface area contributed by atoms with Crippen molar-refractivity contribution in [3.8, 4) is 0 Å². The van der Waals surface area contributed by atoms with Crippen LogP contribution in [0.4, 0.5) is 8.78 Å². The SMILES string of the molecule is CC1CC(C)CN(S(=O)(=O)c2cccc(C(=O)NCC(O)c3ccc(F)cc3F)c2)C1. The molecule has 31 heavy (non-hydrogen) atoms. The number of halogens is 2. The number of amides is 1. The minimum atomic E-state index is -3.75. The van der Waals surface area contributed by atoms with E-state index < -0.39 is 33.7 Å². The number of hydrogen-bond donors (Lipinski definition) is 2. The van der Waals surface area contributed by atoms with Gasteiger partial charge >= 0.3 is 0 Å². The van der Waals surface area contributed by atoms with Gasteiger partial charge in [0.2, 0.25) is 10.0 Å². The molecule has 9 heteroatoms. The lowest BCUT2D eigenvalue weighted by atomic mass is 9.94. The maximum atomic E-state index is 13.8. The molecule has 0 bridgehead atoms. The monoisotopic (exact) mass is 452 g/mol. The fourth-order valence-corrected chi connectivity index (χ4v) is 5.65. The van der Waals surface area contributed by atoms with Crippen LogP contribution in [-0.4, -0.2) is 43.4 Å². The number of carbonyl (C=O) groups excluding carboxylic acids is 1. The Morgan fingerprint density at radius 3 is 2.48 bits per heavy atom. The lowest BCUT2D eigenvalue weighted by molar-refractivity contribution is 0.0913. The summed E-state index contributed by atoms with van der Waals surface area (Å²) in [6.07, 6.45) is -0.418. The van der Waals surface area contributed by atoms with Gasteiger partial charge in [0.05, 0.1) is 11.0 Å². The lowest BCUT2D eigenvalue weighted by Gasteiger charge is -2.34. The second-order valence-corrected chi connectivity index (χ2v) is 10.1. The van der Waals surface area contributed by atoms with Crippen LogP contribution < -0.4 is 5.32 Å². The first-order valence-electron chi connectivity index (χ1n) is 10.1. The average Bonchev–Trinajstić information content (AvgIpc) is 2.71. The molecule has 0 aliphatic carbocycles. The molecule has 2 aromatic rings. The summed E-state index contributed by atoms with van der Waals surface area (Å²) in [5.74, 6) is -1.80. The van der Waals surface area contributed by atoms with Crippen LogP contribution in [0.5, 0.6) is 0 Å². The van der Waals surface area contributed by atoms with E-state index in [1.165, 1.54) is 28.6 Å². The van der Waals surface area contributed by atoms with E-state index in [0.29, 0.717) is 19.2 Å². The van der Waals surface area contributed by atoms with Crippen molar-refractivity contribution in [2.45, 2.75) is 31.3 Å². The molecule has 3 rings (SSSR count). The van der Waals surface area contributed by atoms with Gasteiger partial charge in [0.15, 0.2) is 0 Å². The Kier molecular flexibility index (Phi) is 7.08. The maximum Gasteiger partial charge on any atom is 0.251 e. The van der Waals surface area contributed by atoms with E-state index >= 15 is 0 Å². The normalized spacial score (nSPS) is 20.9. The molecule has 1 aliphatic heterocycles. The van der Waals surface area contributed by atoms with Crippen LogP contribution in [0.2, 0.25) is 0 Å². The third kappa shape index (κ3) is 5.47. The van der Waals surface area contributed by atoms with Gasteiger partial charge in [0.25, 0.3) is 5.91 Å². The highest BCUT2D eigenvalue weighted by Crippen LogP contribution is 2.27. The van der Waals surface area contributed by atoms with E-state index in [2.05, 4.69) is 5.32 Å². The van der Waals surface area contributed by atoms with E-state index in [4.69, 9.17) is 0 Å². The van der Waals surface area contributed by atoms with Crippen LogP contribution in [0.3, 0.4) is 0 Å². The fourth-order valence-electron chi connectivity index (χ4n) is 3.92. The van der Waals surface area contributed by atoms with E-state index in [-0.39, 0.29) is 34.4 Å². The van der Waals surface area contributed by atoms with Gasteiger partial charge in [-0.2, -0.15) is 4.31 Å². The minimum Gasteiger partial charge on any atom is -0.386 e. The van der Waals surface area contributed by atoms with Crippen LogP contribution in [0.25, 0.3) is 0 Å². The lowest BCUT2D eigenvalue weighted by Crippen LogP contribution is -2.42. The molecular weight excluding hydrogens is 426 g/mol. The van der Waals surface area contributed by atoms with E-state index in [1.807, 2.05) is 13.8 Å². The van der Waals surface area contributed by atoms with Crippen LogP contribution in [0.15, 0.2) is 47.4 Å². The van der Waals surface area contributed by atoms with Crippen LogP contribution in [-0.2, 0) is 10.0 Å². The summed E-state index contributed by atoms with van der Waals surface area (Å²) in [5.41, 5.74) is -0.0441. The maximum absolute atomic E-state index is 13.8. The van der Waals surface area contributed by atoms with Gasteiger partial charge in [-0.25, -0.2) is 17.2 Å². The second-order valence-electron chi connectivity index (χ2n) is 8.19. The van der Waals surface area contributed by atoms with Gasteiger partial charge in [-0.1, -0.05) is 26.0 Å². The summed E-state index contributed by atoms with van der Waals surface area (Å²) >= 11 is 0. The number of benzene rings is 2. The standard InChI is InChI=1S/C22H26F2N2O4S/c1-14-8-15(2)13-26(12-14)31(29,30)18-5-3-4-16(9-18)22(28)25-11-21(27)19-7-6-17(23)10-20(19)24/h3-7,9-10,14-15,21,27H,8,11-13H2,1-2H3,(H,25,28). The summed E-state index contributed by atoms with van der Waals surface area (Å²) in [6, 6.07) is 8.44. The molecule has 2 N–H and O–H groups in total. The number of rotatable bonds is 6. The fraction of sp³-hybridized carbons (Fsp3) is 0.409. The molecule has 168 valence electrons. The Labute approximate surface area is 180 Å². The second kappa shape index (κ2) is 9.42. The topological polar surface area (TPSA) is 86.7 Å². The van der Waals surface area contributed by atoms with Crippen molar-refractivity contribution < 1.29 is 27.1 Å².